The van der Waals surface area contributed by atoms with Crippen LogP contribution in [0.3, 0.4) is 0 Å². The van der Waals surface area contributed by atoms with Gasteiger partial charge in [-0.3, -0.25) is 0 Å². The molecular formula is C39H66O15. The van der Waals surface area contributed by atoms with Gasteiger partial charge in [-0.25, -0.2) is 0 Å². The molecule has 23 atom stereocenters. The quantitative estimate of drug-likeness (QED) is 0.124. The third kappa shape index (κ3) is 6.92. The summed E-state index contributed by atoms with van der Waals surface area (Å²) < 4.78 is 30.3. The van der Waals surface area contributed by atoms with E-state index >= 15 is 0 Å². The molecule has 54 heavy (non-hydrogen) atoms. The van der Waals surface area contributed by atoms with E-state index in [9.17, 15) is 51.1 Å². The Bertz CT molecular complexity index is 1290. The van der Waals surface area contributed by atoms with Crippen LogP contribution >= 0.6 is 0 Å². The van der Waals surface area contributed by atoms with E-state index < -0.39 is 92.6 Å². The van der Waals surface area contributed by atoms with Gasteiger partial charge in [0.2, 0.25) is 0 Å². The van der Waals surface area contributed by atoms with Gasteiger partial charge in [0.25, 0.3) is 0 Å². The Kier molecular flexibility index (Phi) is 12.0. The molecule has 10 N–H and O–H groups in total. The van der Waals surface area contributed by atoms with E-state index in [1.54, 1.807) is 0 Å². The fourth-order valence-electron chi connectivity index (χ4n) is 12.7. The third-order valence-electron chi connectivity index (χ3n) is 15.9. The zero-order valence-corrected chi connectivity index (χ0v) is 32.0. The van der Waals surface area contributed by atoms with E-state index in [4.69, 9.17) is 23.7 Å². The Morgan fingerprint density at radius 3 is 1.98 bits per heavy atom. The predicted molar refractivity (Wildman–Crippen MR) is 188 cm³/mol. The minimum Gasteiger partial charge on any atom is -0.394 e. The second-order valence-electron chi connectivity index (χ2n) is 18.8. The highest BCUT2D eigenvalue weighted by Gasteiger charge is 2.69. The summed E-state index contributed by atoms with van der Waals surface area (Å²) in [5.74, 6) is -0.508. The van der Waals surface area contributed by atoms with Gasteiger partial charge in [0.1, 0.15) is 48.8 Å². The average Bonchev–Trinajstić information content (AvgIpc) is 3.58. The van der Waals surface area contributed by atoms with Crippen molar-refractivity contribution >= 4 is 0 Å². The standard InChI is InChI=1S/C39H66O15/c1-17(16-50-35-33(47)31(45)29(43)26(14-40)52-35)5-10-39(49)18(2)28-25(54-39)13-22-20-12-24(51-36-34(48)32(46)30(44)27(15-41)53-36)23-11-19(42)6-8-37(23,3)21(20)7-9-38(22,28)4/h17-36,40-49H,5-16H2,1-4H3/t17-,18-,19-,20+,21-,22-,23-,24+,25-,26+,27+,28-,29+,30+,31-,32-,33+,34+,35+,36+,37+,38-,39+/m0/s1. The molecule has 312 valence electrons. The summed E-state index contributed by atoms with van der Waals surface area (Å²) in [4.78, 5) is 0. The second kappa shape index (κ2) is 15.5. The van der Waals surface area contributed by atoms with Crippen molar-refractivity contribution in [2.45, 2.75) is 171 Å². The first-order valence-corrected chi connectivity index (χ1v) is 20.4. The second-order valence-corrected chi connectivity index (χ2v) is 18.8. The smallest absolute Gasteiger partial charge is 0.186 e. The molecule has 7 fully saturated rings. The first kappa shape index (κ1) is 41.6. The van der Waals surface area contributed by atoms with Crippen molar-refractivity contribution in [2.24, 2.45) is 52.3 Å². The molecule has 3 aliphatic heterocycles. The molecule has 15 heteroatoms. The van der Waals surface area contributed by atoms with Gasteiger partial charge in [0.05, 0.1) is 38.1 Å². The molecule has 0 amide bonds. The highest BCUT2D eigenvalue weighted by atomic mass is 16.7. The van der Waals surface area contributed by atoms with Crippen LogP contribution in [0.4, 0.5) is 0 Å². The Labute approximate surface area is 317 Å². The molecular weight excluding hydrogens is 708 g/mol. The minimum absolute atomic E-state index is 0.00734. The summed E-state index contributed by atoms with van der Waals surface area (Å²) in [6.45, 7) is 7.80. The van der Waals surface area contributed by atoms with Crippen molar-refractivity contribution in [2.75, 3.05) is 19.8 Å². The van der Waals surface area contributed by atoms with Crippen molar-refractivity contribution in [3.8, 4) is 0 Å². The van der Waals surface area contributed by atoms with E-state index in [-0.39, 0.29) is 59.0 Å². The number of aliphatic hydroxyl groups excluding tert-OH is 9. The molecule has 4 saturated carbocycles. The molecule has 0 unspecified atom stereocenters. The van der Waals surface area contributed by atoms with Crippen LogP contribution in [0.2, 0.25) is 0 Å². The molecule has 3 saturated heterocycles. The average molecular weight is 775 g/mol. The number of fused-ring (bicyclic) bond motifs is 7. The monoisotopic (exact) mass is 774 g/mol. The SMILES string of the molecule is C[C@@H](CC[C@@]1(O)O[C@H]2C[C@H]3[C@@H]4C[C@@H](O[C@@H]5O[C@H](CO)[C@@H](O)[C@H](O)[C@H]5O)[C@@H]5C[C@@H](O)CC[C@]5(C)[C@H]4CC[C@]3(C)[C@H]2[C@@H]1C)CO[C@@H]1O[C@H](CO)[C@@H](O)[C@H](O)[C@H]1O. The first-order valence-electron chi connectivity index (χ1n) is 20.4. The highest BCUT2D eigenvalue weighted by molar-refractivity contribution is 5.16. The normalized spacial score (nSPS) is 56.4. The lowest BCUT2D eigenvalue weighted by molar-refractivity contribution is -0.328. The zero-order chi connectivity index (χ0) is 39.1. The van der Waals surface area contributed by atoms with Gasteiger partial charge in [0, 0.05) is 12.3 Å². The summed E-state index contributed by atoms with van der Waals surface area (Å²) in [6, 6.07) is 0. The highest BCUT2D eigenvalue weighted by Crippen LogP contribution is 2.71. The van der Waals surface area contributed by atoms with Crippen molar-refractivity contribution in [3.63, 3.8) is 0 Å². The number of hydrogen-bond donors (Lipinski definition) is 10. The van der Waals surface area contributed by atoms with Crippen LogP contribution in [0.25, 0.3) is 0 Å². The van der Waals surface area contributed by atoms with Crippen LogP contribution in [-0.2, 0) is 23.7 Å². The van der Waals surface area contributed by atoms with Gasteiger partial charge in [0.15, 0.2) is 18.4 Å². The Morgan fingerprint density at radius 1 is 0.722 bits per heavy atom. The summed E-state index contributed by atoms with van der Waals surface area (Å²) in [6.07, 6.45) is -8.01. The van der Waals surface area contributed by atoms with Gasteiger partial charge in [-0.2, -0.15) is 0 Å². The van der Waals surface area contributed by atoms with E-state index in [1.807, 2.05) is 6.92 Å². The van der Waals surface area contributed by atoms with Crippen LogP contribution in [0.1, 0.15) is 85.5 Å². The molecule has 7 rings (SSSR count). The van der Waals surface area contributed by atoms with Crippen LogP contribution in [0, 0.1) is 52.3 Å². The van der Waals surface area contributed by atoms with E-state index in [1.165, 1.54) is 0 Å². The molecule has 4 aliphatic carbocycles. The van der Waals surface area contributed by atoms with E-state index in [2.05, 4.69) is 20.8 Å². The Balaban J connectivity index is 1.02. The van der Waals surface area contributed by atoms with Crippen LogP contribution in [0.5, 0.6) is 0 Å². The van der Waals surface area contributed by atoms with Gasteiger partial charge < -0.3 is 74.7 Å². The fourth-order valence-corrected chi connectivity index (χ4v) is 12.7. The van der Waals surface area contributed by atoms with Crippen molar-refractivity contribution < 1.29 is 74.7 Å². The first-order chi connectivity index (χ1) is 25.5. The molecule has 7 aliphatic rings. The zero-order valence-electron chi connectivity index (χ0n) is 32.0. The van der Waals surface area contributed by atoms with E-state index in [0.29, 0.717) is 38.0 Å². The van der Waals surface area contributed by atoms with Crippen LogP contribution in [0.15, 0.2) is 0 Å². The molecule has 0 spiro atoms. The molecule has 0 bridgehead atoms. The van der Waals surface area contributed by atoms with E-state index in [0.717, 1.165) is 25.7 Å². The van der Waals surface area contributed by atoms with Crippen molar-refractivity contribution in [1.29, 1.82) is 0 Å². The lowest BCUT2D eigenvalue weighted by Crippen LogP contribution is -2.63. The largest absolute Gasteiger partial charge is 0.394 e. The topological polar surface area (TPSA) is 248 Å². The summed E-state index contributed by atoms with van der Waals surface area (Å²) in [5.41, 5.74) is -0.250. The lowest BCUT2D eigenvalue weighted by atomic mass is 9.43. The van der Waals surface area contributed by atoms with Crippen molar-refractivity contribution in [3.05, 3.63) is 0 Å². The third-order valence-corrected chi connectivity index (χ3v) is 15.9. The maximum Gasteiger partial charge on any atom is 0.186 e. The summed E-state index contributed by atoms with van der Waals surface area (Å²) in [5, 5.41) is 105. The van der Waals surface area contributed by atoms with Gasteiger partial charge in [-0.1, -0.05) is 27.7 Å². The Hall–Kier alpha value is -0.600. The van der Waals surface area contributed by atoms with Crippen LogP contribution < -0.4 is 0 Å². The maximum absolute atomic E-state index is 12.0. The molecule has 0 radical (unpaired) electrons. The van der Waals surface area contributed by atoms with Gasteiger partial charge >= 0.3 is 0 Å². The summed E-state index contributed by atoms with van der Waals surface area (Å²) in [7, 11) is 0. The van der Waals surface area contributed by atoms with Crippen LogP contribution in [-0.4, -0.2) is 156 Å². The molecule has 0 aromatic heterocycles. The van der Waals surface area contributed by atoms with Gasteiger partial charge in [-0.15, -0.1) is 0 Å². The minimum atomic E-state index is -1.54. The maximum atomic E-state index is 12.0. The molecule has 0 aromatic rings. The van der Waals surface area contributed by atoms with Gasteiger partial charge in [-0.05, 0) is 97.7 Å². The lowest BCUT2D eigenvalue weighted by Gasteiger charge is -2.63. The number of ether oxygens (including phenoxy) is 5. The number of hydrogen-bond acceptors (Lipinski definition) is 15. The number of rotatable bonds is 10. The summed E-state index contributed by atoms with van der Waals surface area (Å²) >= 11 is 0. The number of aliphatic hydroxyl groups is 10. The molecule has 3 heterocycles. The molecule has 15 nitrogen and oxygen atoms in total. The Morgan fingerprint density at radius 2 is 1.33 bits per heavy atom. The fraction of sp³-hybridized carbons (Fsp3) is 1.00. The predicted octanol–water partition coefficient (Wildman–Crippen LogP) is -0.633. The molecule has 0 aromatic carbocycles. The van der Waals surface area contributed by atoms with Crippen molar-refractivity contribution in [1.82, 2.24) is 0 Å².